The summed E-state index contributed by atoms with van der Waals surface area (Å²) < 4.78 is 10.5. The van der Waals surface area contributed by atoms with Gasteiger partial charge < -0.3 is 19.7 Å². The van der Waals surface area contributed by atoms with Crippen LogP contribution >= 0.6 is 0 Å². The fourth-order valence-corrected chi connectivity index (χ4v) is 3.56. The predicted octanol–water partition coefficient (Wildman–Crippen LogP) is 5.20. The number of hydrogen-bond acceptors (Lipinski definition) is 5. The summed E-state index contributed by atoms with van der Waals surface area (Å²) in [5.74, 6) is -0.661. The van der Waals surface area contributed by atoms with Crippen LogP contribution in [0.4, 0.5) is 0 Å². The van der Waals surface area contributed by atoms with E-state index in [0.29, 0.717) is 22.9 Å². The first-order chi connectivity index (χ1) is 15.9. The Labute approximate surface area is 190 Å². The highest BCUT2D eigenvalue weighted by Gasteiger charge is 2.13. The Morgan fingerprint density at radius 3 is 2.12 bits per heavy atom. The van der Waals surface area contributed by atoms with Crippen LogP contribution < -0.4 is 4.74 Å². The number of fused-ring (bicyclic) bond motifs is 1. The minimum absolute atomic E-state index is 0.0830. The van der Waals surface area contributed by atoms with Gasteiger partial charge in [0.05, 0.1) is 18.2 Å². The third kappa shape index (κ3) is 4.96. The van der Waals surface area contributed by atoms with Gasteiger partial charge >= 0.3 is 11.9 Å². The minimum Gasteiger partial charge on any atom is -0.507 e. The highest BCUT2D eigenvalue weighted by molar-refractivity contribution is 5.98. The molecule has 0 aromatic heterocycles. The summed E-state index contributed by atoms with van der Waals surface area (Å²) in [6, 6.07) is 22.5. The Balaban J connectivity index is 1.52. The lowest BCUT2D eigenvalue weighted by atomic mass is 9.98. The summed E-state index contributed by atoms with van der Waals surface area (Å²) in [6.07, 6.45) is 0.424. The molecule has 2 N–H and O–H groups in total. The molecule has 0 saturated carbocycles. The molecule has 0 aliphatic heterocycles. The molecule has 0 unspecified atom stereocenters. The highest BCUT2D eigenvalue weighted by atomic mass is 16.5. The summed E-state index contributed by atoms with van der Waals surface area (Å²) in [4.78, 5) is 23.6. The van der Waals surface area contributed by atoms with Crippen LogP contribution in [-0.2, 0) is 17.8 Å². The van der Waals surface area contributed by atoms with Crippen molar-refractivity contribution in [2.75, 3.05) is 7.11 Å². The molecular formula is C27H22O6. The van der Waals surface area contributed by atoms with Crippen molar-refractivity contribution in [2.24, 2.45) is 0 Å². The van der Waals surface area contributed by atoms with Crippen LogP contribution in [0.3, 0.4) is 0 Å². The number of aromatic hydroxyl groups is 1. The Bertz CT molecular complexity index is 1310. The fraction of sp³-hybridized carbons (Fsp3) is 0.111. The summed E-state index contributed by atoms with van der Waals surface area (Å²) >= 11 is 0. The molecule has 0 fully saturated rings. The van der Waals surface area contributed by atoms with Crippen LogP contribution in [0.1, 0.15) is 37.4 Å². The van der Waals surface area contributed by atoms with Crippen molar-refractivity contribution in [3.05, 3.63) is 107 Å². The number of phenols is 1. The van der Waals surface area contributed by atoms with Crippen molar-refractivity contribution < 1.29 is 29.3 Å². The van der Waals surface area contributed by atoms with Gasteiger partial charge in [0, 0.05) is 11.8 Å². The van der Waals surface area contributed by atoms with E-state index in [2.05, 4.69) is 0 Å². The molecule has 0 heterocycles. The maximum absolute atomic E-state index is 12.6. The third-order valence-corrected chi connectivity index (χ3v) is 5.44. The second kappa shape index (κ2) is 9.44. The Morgan fingerprint density at radius 2 is 1.45 bits per heavy atom. The lowest BCUT2D eigenvalue weighted by molar-refractivity contribution is 0.0472. The molecule has 6 heteroatoms. The number of carboxylic acid groups (broad SMARTS) is 1. The number of carbonyl (C=O) groups is 2. The number of rotatable bonds is 7. The maximum Gasteiger partial charge on any atom is 0.338 e. The van der Waals surface area contributed by atoms with E-state index in [1.54, 1.807) is 49.6 Å². The number of esters is 1. The molecule has 0 aliphatic carbocycles. The molecule has 0 radical (unpaired) electrons. The predicted molar refractivity (Wildman–Crippen MR) is 124 cm³/mol. The molecule has 0 amide bonds. The van der Waals surface area contributed by atoms with Gasteiger partial charge in [0.1, 0.15) is 18.1 Å². The van der Waals surface area contributed by atoms with Crippen LogP contribution in [-0.4, -0.2) is 29.3 Å². The Kier molecular flexibility index (Phi) is 6.26. The van der Waals surface area contributed by atoms with Gasteiger partial charge in [0.25, 0.3) is 0 Å². The van der Waals surface area contributed by atoms with E-state index in [1.807, 2.05) is 24.3 Å². The van der Waals surface area contributed by atoms with Crippen LogP contribution in [0.15, 0.2) is 78.9 Å². The Morgan fingerprint density at radius 1 is 0.818 bits per heavy atom. The first-order valence-corrected chi connectivity index (χ1v) is 10.3. The zero-order chi connectivity index (χ0) is 23.4. The largest absolute Gasteiger partial charge is 0.507 e. The van der Waals surface area contributed by atoms with Crippen molar-refractivity contribution in [3.63, 3.8) is 0 Å². The SMILES string of the molecule is COc1ccc(COC(=O)c2ccc3ccc(Cc4ccc(C(=O)O)cc4)c(O)c3c2)cc1. The van der Waals surface area contributed by atoms with E-state index in [0.717, 1.165) is 22.3 Å². The average molecular weight is 442 g/mol. The second-order valence-electron chi connectivity index (χ2n) is 7.61. The van der Waals surface area contributed by atoms with Gasteiger partial charge in [-0.05, 0) is 58.5 Å². The number of ether oxygens (including phenoxy) is 2. The second-order valence-corrected chi connectivity index (χ2v) is 7.61. The minimum atomic E-state index is -0.985. The van der Waals surface area contributed by atoms with E-state index in [4.69, 9.17) is 14.6 Å². The van der Waals surface area contributed by atoms with E-state index in [-0.39, 0.29) is 17.9 Å². The number of phenolic OH excluding ortho intramolecular Hbond substituents is 1. The van der Waals surface area contributed by atoms with Gasteiger partial charge in [-0.2, -0.15) is 0 Å². The molecule has 4 aromatic rings. The molecule has 6 nitrogen and oxygen atoms in total. The first-order valence-electron chi connectivity index (χ1n) is 10.3. The summed E-state index contributed by atoms with van der Waals surface area (Å²) in [5.41, 5.74) is 2.93. The molecule has 0 atom stereocenters. The standard InChI is InChI=1S/C27H22O6/c1-32-23-12-4-18(5-13-23)16-33-27(31)22-11-9-19-8-10-21(25(28)24(19)15-22)14-17-2-6-20(7-3-17)26(29)30/h2-13,15,28H,14,16H2,1H3,(H,29,30). The zero-order valence-corrected chi connectivity index (χ0v) is 17.9. The number of methoxy groups -OCH3 is 1. The molecule has 4 aromatic carbocycles. The van der Waals surface area contributed by atoms with Crippen molar-refractivity contribution in [3.8, 4) is 11.5 Å². The van der Waals surface area contributed by atoms with Crippen LogP contribution in [0.2, 0.25) is 0 Å². The van der Waals surface area contributed by atoms with Gasteiger partial charge in [-0.15, -0.1) is 0 Å². The third-order valence-electron chi connectivity index (χ3n) is 5.44. The highest BCUT2D eigenvalue weighted by Crippen LogP contribution is 2.31. The molecule has 4 rings (SSSR count). The van der Waals surface area contributed by atoms with Crippen molar-refractivity contribution in [2.45, 2.75) is 13.0 Å². The lowest BCUT2D eigenvalue weighted by Gasteiger charge is -2.11. The molecule has 0 bridgehead atoms. The van der Waals surface area contributed by atoms with Crippen molar-refractivity contribution >= 4 is 22.7 Å². The molecular weight excluding hydrogens is 420 g/mol. The molecule has 166 valence electrons. The number of carbonyl (C=O) groups excluding carboxylic acids is 1. The summed E-state index contributed by atoms with van der Waals surface area (Å²) in [5, 5.41) is 21.2. The first kappa shape index (κ1) is 21.9. The van der Waals surface area contributed by atoms with Crippen LogP contribution in [0.5, 0.6) is 11.5 Å². The van der Waals surface area contributed by atoms with E-state index < -0.39 is 11.9 Å². The fourth-order valence-electron chi connectivity index (χ4n) is 3.56. The monoisotopic (exact) mass is 442 g/mol. The lowest BCUT2D eigenvalue weighted by Crippen LogP contribution is -2.05. The van der Waals surface area contributed by atoms with Gasteiger partial charge in [-0.3, -0.25) is 0 Å². The van der Waals surface area contributed by atoms with Gasteiger partial charge in [0.15, 0.2) is 0 Å². The van der Waals surface area contributed by atoms with E-state index in [1.165, 1.54) is 12.1 Å². The Hall–Kier alpha value is -4.32. The van der Waals surface area contributed by atoms with E-state index in [9.17, 15) is 14.7 Å². The van der Waals surface area contributed by atoms with Gasteiger partial charge in [-0.25, -0.2) is 9.59 Å². The van der Waals surface area contributed by atoms with Gasteiger partial charge in [0.2, 0.25) is 0 Å². The molecule has 0 spiro atoms. The maximum atomic E-state index is 12.6. The van der Waals surface area contributed by atoms with E-state index >= 15 is 0 Å². The summed E-state index contributed by atoms with van der Waals surface area (Å²) in [6.45, 7) is 0.124. The van der Waals surface area contributed by atoms with Crippen LogP contribution in [0, 0.1) is 0 Å². The van der Waals surface area contributed by atoms with Crippen molar-refractivity contribution in [1.29, 1.82) is 0 Å². The zero-order valence-electron chi connectivity index (χ0n) is 17.9. The molecule has 0 saturated heterocycles. The number of carboxylic acids is 1. The average Bonchev–Trinajstić information content (AvgIpc) is 2.84. The topological polar surface area (TPSA) is 93.1 Å². The molecule has 33 heavy (non-hydrogen) atoms. The smallest absolute Gasteiger partial charge is 0.338 e. The summed E-state index contributed by atoms with van der Waals surface area (Å²) in [7, 11) is 1.59. The van der Waals surface area contributed by atoms with Gasteiger partial charge in [-0.1, -0.05) is 42.5 Å². The number of hydrogen-bond donors (Lipinski definition) is 2. The van der Waals surface area contributed by atoms with Crippen molar-refractivity contribution in [1.82, 2.24) is 0 Å². The quantitative estimate of drug-likeness (QED) is 0.382. The number of benzene rings is 4. The number of aromatic carboxylic acids is 1. The van der Waals surface area contributed by atoms with Crippen LogP contribution in [0.25, 0.3) is 10.8 Å². The molecule has 0 aliphatic rings. The normalized spacial score (nSPS) is 10.7.